The molecule has 0 spiro atoms. The van der Waals surface area contributed by atoms with Crippen LogP contribution in [0.2, 0.25) is 5.02 Å². The number of benzene rings is 3. The number of hydrazone groups is 1. The molecule has 0 saturated carbocycles. The summed E-state index contributed by atoms with van der Waals surface area (Å²) in [7, 11) is 0. The number of carbonyl (C=O) groups is 2. The van der Waals surface area contributed by atoms with Gasteiger partial charge in [-0.25, -0.2) is 5.43 Å². The van der Waals surface area contributed by atoms with Crippen molar-refractivity contribution in [1.29, 1.82) is 0 Å². The lowest BCUT2D eigenvalue weighted by Gasteiger charge is -2.15. The molecule has 0 bridgehead atoms. The highest BCUT2D eigenvalue weighted by Gasteiger charge is 2.31. The van der Waals surface area contributed by atoms with Crippen molar-refractivity contribution >= 4 is 51.2 Å². The zero-order chi connectivity index (χ0) is 27.9. The second kappa shape index (κ2) is 12.8. The van der Waals surface area contributed by atoms with Crippen molar-refractivity contribution < 1.29 is 32.2 Å². The molecule has 12 heteroatoms. The molecule has 0 atom stereocenters. The molecule has 0 radical (unpaired) electrons. The molecule has 0 aromatic heterocycles. The van der Waals surface area contributed by atoms with Gasteiger partial charge in [-0.15, -0.1) is 0 Å². The molecule has 7 nitrogen and oxygen atoms in total. The van der Waals surface area contributed by atoms with Crippen LogP contribution in [0, 0.1) is 6.92 Å². The molecule has 0 saturated heterocycles. The summed E-state index contributed by atoms with van der Waals surface area (Å²) in [6, 6.07) is 13.6. The Morgan fingerprint density at radius 1 is 1.08 bits per heavy atom. The van der Waals surface area contributed by atoms with Gasteiger partial charge in [-0.05, 0) is 71.2 Å². The van der Waals surface area contributed by atoms with Crippen LogP contribution in [-0.4, -0.2) is 24.6 Å². The van der Waals surface area contributed by atoms with Crippen LogP contribution in [-0.2, 0) is 22.4 Å². The van der Waals surface area contributed by atoms with Crippen molar-refractivity contribution in [3.63, 3.8) is 0 Å². The molecule has 0 unspecified atom stereocenters. The molecule has 3 rings (SSSR count). The van der Waals surface area contributed by atoms with Gasteiger partial charge >= 0.3 is 18.0 Å². The Hall–Kier alpha value is -3.57. The number of carbonyl (C=O) groups excluding carboxylic acids is 2. The summed E-state index contributed by atoms with van der Waals surface area (Å²) in [5, 5.41) is 5.62. The van der Waals surface area contributed by atoms with Crippen LogP contribution in [0.5, 0.6) is 11.5 Å². The normalized spacial score (nSPS) is 11.3. The van der Waals surface area contributed by atoms with Gasteiger partial charge in [0.1, 0.15) is 6.61 Å². The number of hydrogen-bond donors (Lipinski definition) is 2. The first-order chi connectivity index (χ1) is 18.0. The van der Waals surface area contributed by atoms with Crippen molar-refractivity contribution in [2.75, 3.05) is 11.9 Å². The lowest BCUT2D eigenvalue weighted by atomic mass is 10.1. The van der Waals surface area contributed by atoms with E-state index in [1.807, 2.05) is 48.9 Å². The van der Waals surface area contributed by atoms with Gasteiger partial charge in [0.15, 0.2) is 11.5 Å². The van der Waals surface area contributed by atoms with Crippen LogP contribution in [0.1, 0.15) is 29.2 Å². The monoisotopic (exact) mass is 611 g/mol. The van der Waals surface area contributed by atoms with Crippen molar-refractivity contribution in [3.05, 3.63) is 86.3 Å². The minimum atomic E-state index is -4.65. The Bertz CT molecular complexity index is 1370. The van der Waals surface area contributed by atoms with E-state index in [2.05, 4.69) is 21.0 Å². The second-order valence-electron chi connectivity index (χ2n) is 7.89. The number of amides is 2. The Kier molecular flexibility index (Phi) is 9.76. The maximum atomic E-state index is 12.9. The van der Waals surface area contributed by atoms with E-state index in [9.17, 15) is 22.8 Å². The molecule has 0 aliphatic carbocycles. The number of nitrogens with zero attached hydrogens (tertiary/aromatic N) is 1. The highest BCUT2D eigenvalue weighted by molar-refractivity contribution is 9.10. The Morgan fingerprint density at radius 2 is 1.84 bits per heavy atom. The highest BCUT2D eigenvalue weighted by Crippen LogP contribution is 2.37. The number of rotatable bonds is 8. The number of nitrogens with one attached hydrogen (secondary N) is 2. The first-order valence-electron chi connectivity index (χ1n) is 11.1. The average molecular weight is 613 g/mol. The van der Waals surface area contributed by atoms with Crippen LogP contribution in [0.25, 0.3) is 0 Å². The Morgan fingerprint density at radius 3 is 2.53 bits per heavy atom. The summed E-state index contributed by atoms with van der Waals surface area (Å²) in [5.74, 6) is -1.55. The fraction of sp³-hybridized carbons (Fsp3) is 0.192. The predicted molar refractivity (Wildman–Crippen MR) is 142 cm³/mol. The van der Waals surface area contributed by atoms with Gasteiger partial charge in [0.05, 0.1) is 33.6 Å². The number of ether oxygens (including phenoxy) is 2. The van der Waals surface area contributed by atoms with E-state index in [1.54, 1.807) is 12.1 Å². The summed E-state index contributed by atoms with van der Waals surface area (Å²) in [4.78, 5) is 24.2. The quantitative estimate of drug-likeness (QED) is 0.173. The van der Waals surface area contributed by atoms with Crippen molar-refractivity contribution in [2.45, 2.75) is 26.6 Å². The number of aryl methyl sites for hydroxylation is 1. The van der Waals surface area contributed by atoms with Crippen LogP contribution in [0.4, 0.5) is 18.9 Å². The zero-order valence-corrected chi connectivity index (χ0v) is 22.5. The van der Waals surface area contributed by atoms with Crippen LogP contribution >= 0.6 is 27.5 Å². The molecular weight excluding hydrogens is 591 g/mol. The summed E-state index contributed by atoms with van der Waals surface area (Å²) in [5.41, 5.74) is 3.22. The van der Waals surface area contributed by atoms with E-state index >= 15 is 0 Å². The van der Waals surface area contributed by atoms with Gasteiger partial charge in [0.2, 0.25) is 0 Å². The Labute approximate surface area is 230 Å². The molecule has 0 heterocycles. The predicted octanol–water partition coefficient (Wildman–Crippen LogP) is 6.50. The summed E-state index contributed by atoms with van der Waals surface area (Å²) < 4.78 is 51.0. The third-order valence-corrected chi connectivity index (χ3v) is 5.84. The van der Waals surface area contributed by atoms with Gasteiger partial charge in [0.25, 0.3) is 0 Å². The largest absolute Gasteiger partial charge is 0.490 e. The van der Waals surface area contributed by atoms with Gasteiger partial charge in [-0.3, -0.25) is 9.59 Å². The van der Waals surface area contributed by atoms with Crippen LogP contribution < -0.4 is 20.2 Å². The number of anilines is 1. The molecule has 200 valence electrons. The number of alkyl halides is 3. The third kappa shape index (κ3) is 7.96. The second-order valence-corrected chi connectivity index (χ2v) is 9.15. The summed E-state index contributed by atoms with van der Waals surface area (Å²) in [6.07, 6.45) is -3.38. The number of hydrogen-bond acceptors (Lipinski definition) is 5. The molecule has 0 aliphatic rings. The molecule has 3 aromatic carbocycles. The minimum absolute atomic E-state index is 0.166. The maximum absolute atomic E-state index is 12.9. The molecule has 38 heavy (non-hydrogen) atoms. The van der Waals surface area contributed by atoms with E-state index in [4.69, 9.17) is 21.1 Å². The van der Waals surface area contributed by atoms with Crippen molar-refractivity contribution in [3.8, 4) is 11.5 Å². The van der Waals surface area contributed by atoms with Crippen LogP contribution in [0.3, 0.4) is 0 Å². The Balaban J connectivity index is 1.67. The first kappa shape index (κ1) is 29.0. The zero-order valence-electron chi connectivity index (χ0n) is 20.2. The molecule has 2 amide bonds. The lowest BCUT2D eigenvalue weighted by Crippen LogP contribution is -2.32. The standard InChI is InChI=1S/C26H22BrClF3N3O4/c1-3-37-22-11-17(10-19(27)23(22)38-14-16-6-4-5-15(2)9-16)13-32-34-25(36)24(35)33-21-12-18(26(29,30)31)7-8-20(21)28/h4-13H,3,14H2,1-2H3,(H,33,35)(H,34,36). The van der Waals surface area contributed by atoms with Crippen molar-refractivity contribution in [1.82, 2.24) is 5.43 Å². The highest BCUT2D eigenvalue weighted by atomic mass is 79.9. The third-order valence-electron chi connectivity index (χ3n) is 4.93. The molecule has 0 fully saturated rings. The van der Waals surface area contributed by atoms with Crippen molar-refractivity contribution in [2.24, 2.45) is 5.10 Å². The fourth-order valence-electron chi connectivity index (χ4n) is 3.22. The van der Waals surface area contributed by atoms with E-state index in [-0.39, 0.29) is 10.7 Å². The fourth-order valence-corrected chi connectivity index (χ4v) is 3.95. The minimum Gasteiger partial charge on any atom is -0.490 e. The van der Waals surface area contributed by atoms with E-state index in [0.29, 0.717) is 40.8 Å². The topological polar surface area (TPSA) is 89.0 Å². The molecule has 3 aromatic rings. The molecule has 0 aliphatic heterocycles. The number of halogens is 5. The smallest absolute Gasteiger partial charge is 0.416 e. The maximum Gasteiger partial charge on any atom is 0.416 e. The summed E-state index contributed by atoms with van der Waals surface area (Å²) in [6.45, 7) is 4.48. The lowest BCUT2D eigenvalue weighted by molar-refractivity contribution is -0.137. The van der Waals surface area contributed by atoms with E-state index in [1.165, 1.54) is 6.21 Å². The van der Waals surface area contributed by atoms with Gasteiger partial charge < -0.3 is 14.8 Å². The summed E-state index contributed by atoms with van der Waals surface area (Å²) >= 11 is 9.29. The first-order valence-corrected chi connectivity index (χ1v) is 12.3. The van der Waals surface area contributed by atoms with E-state index < -0.39 is 23.6 Å². The molecule has 2 N–H and O–H groups in total. The van der Waals surface area contributed by atoms with Gasteiger partial charge in [0, 0.05) is 0 Å². The SMILES string of the molecule is CCOc1cc(C=NNC(=O)C(=O)Nc2cc(C(F)(F)F)ccc2Cl)cc(Br)c1OCc1cccc(C)c1. The van der Waals surface area contributed by atoms with Gasteiger partial charge in [-0.1, -0.05) is 41.4 Å². The van der Waals surface area contributed by atoms with Crippen LogP contribution in [0.15, 0.2) is 64.2 Å². The molecular formula is C26H22BrClF3N3O4. The van der Waals surface area contributed by atoms with E-state index in [0.717, 1.165) is 23.3 Å². The average Bonchev–Trinajstić information content (AvgIpc) is 2.84. The van der Waals surface area contributed by atoms with Gasteiger partial charge in [-0.2, -0.15) is 18.3 Å².